The van der Waals surface area contributed by atoms with Crippen molar-refractivity contribution in [1.82, 2.24) is 5.32 Å². The monoisotopic (exact) mass is 333 g/mol. The Balaban J connectivity index is 1.97. The first kappa shape index (κ1) is 12.3. The van der Waals surface area contributed by atoms with Crippen LogP contribution < -0.4 is 5.32 Å². The zero-order valence-corrected chi connectivity index (χ0v) is 11.3. The lowest BCUT2D eigenvalue weighted by atomic mass is 10.1. The molecule has 1 aromatic carbocycles. The maximum atomic E-state index is 9.64. The Bertz CT molecular complexity index is 341. The minimum absolute atomic E-state index is 0.0503. The summed E-state index contributed by atoms with van der Waals surface area (Å²) in [6, 6.07) is 8.70. The molecule has 3 atom stereocenters. The van der Waals surface area contributed by atoms with Gasteiger partial charge in [-0.2, -0.15) is 0 Å². The summed E-state index contributed by atoms with van der Waals surface area (Å²) in [6.07, 6.45) is -0.383. The van der Waals surface area contributed by atoms with Crippen molar-refractivity contribution in [2.75, 3.05) is 13.2 Å². The van der Waals surface area contributed by atoms with E-state index in [1.807, 2.05) is 0 Å². The molecule has 2 N–H and O–H groups in total. The number of aliphatic hydroxyl groups is 1. The molecule has 1 aromatic rings. The summed E-state index contributed by atoms with van der Waals surface area (Å²) >= 11 is 2.29. The van der Waals surface area contributed by atoms with Crippen molar-refractivity contribution in [3.05, 3.63) is 33.4 Å². The predicted molar refractivity (Wildman–Crippen MR) is 71.3 cm³/mol. The van der Waals surface area contributed by atoms with E-state index in [0.29, 0.717) is 13.2 Å². The van der Waals surface area contributed by atoms with Gasteiger partial charge >= 0.3 is 0 Å². The maximum absolute atomic E-state index is 9.64. The highest BCUT2D eigenvalue weighted by Gasteiger charge is 2.27. The Morgan fingerprint density at radius 1 is 1.38 bits per heavy atom. The van der Waals surface area contributed by atoms with Crippen LogP contribution in [0.25, 0.3) is 0 Å². The molecule has 1 saturated heterocycles. The van der Waals surface area contributed by atoms with Crippen molar-refractivity contribution >= 4 is 22.6 Å². The second-order valence-electron chi connectivity index (χ2n) is 4.15. The third-order valence-corrected chi connectivity index (χ3v) is 3.60. The quantitative estimate of drug-likeness (QED) is 0.828. The summed E-state index contributed by atoms with van der Waals surface area (Å²) < 4.78 is 6.45. The minimum Gasteiger partial charge on any atom is -0.389 e. The SMILES string of the molecule is CC(NC1COCC1O)c1ccc(I)cc1. The molecule has 4 heteroatoms. The number of ether oxygens (including phenoxy) is 1. The van der Waals surface area contributed by atoms with Gasteiger partial charge in [0, 0.05) is 9.61 Å². The Morgan fingerprint density at radius 2 is 2.06 bits per heavy atom. The maximum Gasteiger partial charge on any atom is 0.0948 e. The first-order chi connectivity index (χ1) is 7.66. The minimum atomic E-state index is -0.383. The zero-order valence-electron chi connectivity index (χ0n) is 9.19. The fourth-order valence-electron chi connectivity index (χ4n) is 1.87. The molecule has 0 radical (unpaired) electrons. The van der Waals surface area contributed by atoms with Crippen LogP contribution in [0.2, 0.25) is 0 Å². The van der Waals surface area contributed by atoms with Crippen LogP contribution in [0.4, 0.5) is 0 Å². The first-order valence-electron chi connectivity index (χ1n) is 5.44. The molecule has 1 aliphatic rings. The number of halogens is 1. The molecular weight excluding hydrogens is 317 g/mol. The Hall–Kier alpha value is -0.170. The number of benzene rings is 1. The Labute approximate surface area is 109 Å². The number of aliphatic hydroxyl groups excluding tert-OH is 1. The third-order valence-electron chi connectivity index (χ3n) is 2.88. The molecule has 1 fully saturated rings. The van der Waals surface area contributed by atoms with Crippen LogP contribution >= 0.6 is 22.6 Å². The summed E-state index contributed by atoms with van der Waals surface area (Å²) in [6.45, 7) is 3.14. The molecule has 3 nitrogen and oxygen atoms in total. The van der Waals surface area contributed by atoms with E-state index in [1.165, 1.54) is 9.13 Å². The fraction of sp³-hybridized carbons (Fsp3) is 0.500. The third kappa shape index (κ3) is 2.94. The average Bonchev–Trinajstić information content (AvgIpc) is 2.65. The fourth-order valence-corrected chi connectivity index (χ4v) is 2.23. The van der Waals surface area contributed by atoms with Crippen LogP contribution in [0.1, 0.15) is 18.5 Å². The Kier molecular flexibility index (Phi) is 4.18. The van der Waals surface area contributed by atoms with Crippen LogP contribution in [0, 0.1) is 3.57 Å². The number of hydrogen-bond donors (Lipinski definition) is 2. The predicted octanol–water partition coefficient (Wildman–Crippen LogP) is 1.70. The van der Waals surface area contributed by atoms with E-state index >= 15 is 0 Å². The molecule has 0 spiro atoms. The van der Waals surface area contributed by atoms with Crippen LogP contribution in [-0.4, -0.2) is 30.5 Å². The van der Waals surface area contributed by atoms with Gasteiger partial charge in [0.05, 0.1) is 25.4 Å². The van der Waals surface area contributed by atoms with Crippen LogP contribution in [-0.2, 0) is 4.74 Å². The molecule has 0 saturated carbocycles. The van der Waals surface area contributed by atoms with Crippen LogP contribution in [0.15, 0.2) is 24.3 Å². The molecular formula is C12H16INO2. The number of nitrogens with one attached hydrogen (secondary N) is 1. The highest BCUT2D eigenvalue weighted by molar-refractivity contribution is 14.1. The van der Waals surface area contributed by atoms with Crippen molar-refractivity contribution in [2.24, 2.45) is 0 Å². The highest BCUT2D eigenvalue weighted by Crippen LogP contribution is 2.17. The van der Waals surface area contributed by atoms with Crippen molar-refractivity contribution in [3.63, 3.8) is 0 Å². The van der Waals surface area contributed by atoms with Crippen LogP contribution in [0.5, 0.6) is 0 Å². The molecule has 88 valence electrons. The molecule has 2 rings (SSSR count). The van der Waals surface area contributed by atoms with Gasteiger partial charge in [0.25, 0.3) is 0 Å². The largest absolute Gasteiger partial charge is 0.389 e. The van der Waals surface area contributed by atoms with Gasteiger partial charge in [-0.25, -0.2) is 0 Å². The lowest BCUT2D eigenvalue weighted by molar-refractivity contribution is 0.121. The summed E-state index contributed by atoms with van der Waals surface area (Å²) in [5, 5.41) is 13.0. The number of hydrogen-bond acceptors (Lipinski definition) is 3. The standard InChI is InChI=1S/C12H16INO2/c1-8(9-2-4-10(13)5-3-9)14-11-6-16-7-12(11)15/h2-5,8,11-12,14-15H,6-7H2,1H3. The van der Waals surface area contributed by atoms with E-state index in [1.54, 1.807) is 0 Å². The van der Waals surface area contributed by atoms with Gasteiger partial charge in [0.15, 0.2) is 0 Å². The van der Waals surface area contributed by atoms with Gasteiger partial charge in [-0.15, -0.1) is 0 Å². The van der Waals surface area contributed by atoms with E-state index in [0.717, 1.165) is 0 Å². The van der Waals surface area contributed by atoms with Gasteiger partial charge in [-0.1, -0.05) is 12.1 Å². The molecule has 0 aliphatic carbocycles. The summed E-state index contributed by atoms with van der Waals surface area (Å²) in [5.41, 5.74) is 1.24. The van der Waals surface area contributed by atoms with Crippen LogP contribution in [0.3, 0.4) is 0 Å². The molecule has 1 aliphatic heterocycles. The van der Waals surface area contributed by atoms with Crippen molar-refractivity contribution in [1.29, 1.82) is 0 Å². The Morgan fingerprint density at radius 3 is 2.62 bits per heavy atom. The van der Waals surface area contributed by atoms with Gasteiger partial charge in [0.1, 0.15) is 0 Å². The molecule has 3 unspecified atom stereocenters. The number of rotatable bonds is 3. The topological polar surface area (TPSA) is 41.5 Å². The lowest BCUT2D eigenvalue weighted by Crippen LogP contribution is -2.40. The van der Waals surface area contributed by atoms with Crippen molar-refractivity contribution in [3.8, 4) is 0 Å². The second-order valence-corrected chi connectivity index (χ2v) is 5.40. The average molecular weight is 333 g/mol. The normalized spacial score (nSPS) is 26.9. The summed E-state index contributed by atoms with van der Waals surface area (Å²) in [4.78, 5) is 0. The van der Waals surface area contributed by atoms with Gasteiger partial charge in [0.2, 0.25) is 0 Å². The van der Waals surface area contributed by atoms with Gasteiger partial charge in [-0.3, -0.25) is 0 Å². The molecule has 16 heavy (non-hydrogen) atoms. The van der Waals surface area contributed by atoms with Crippen molar-refractivity contribution in [2.45, 2.75) is 25.1 Å². The van der Waals surface area contributed by atoms with Gasteiger partial charge in [-0.05, 0) is 47.2 Å². The molecule has 0 amide bonds. The highest BCUT2D eigenvalue weighted by atomic mass is 127. The van der Waals surface area contributed by atoms with E-state index in [4.69, 9.17) is 4.74 Å². The van der Waals surface area contributed by atoms with E-state index in [9.17, 15) is 5.11 Å². The first-order valence-corrected chi connectivity index (χ1v) is 6.52. The second kappa shape index (κ2) is 5.44. The molecule has 1 heterocycles. The smallest absolute Gasteiger partial charge is 0.0948 e. The van der Waals surface area contributed by atoms with E-state index < -0.39 is 0 Å². The van der Waals surface area contributed by atoms with E-state index in [-0.39, 0.29) is 18.2 Å². The summed E-state index contributed by atoms with van der Waals surface area (Å²) in [5.74, 6) is 0. The lowest BCUT2D eigenvalue weighted by Gasteiger charge is -2.21. The molecule has 0 bridgehead atoms. The molecule has 0 aromatic heterocycles. The zero-order chi connectivity index (χ0) is 11.5. The van der Waals surface area contributed by atoms with Crippen molar-refractivity contribution < 1.29 is 9.84 Å². The van der Waals surface area contributed by atoms with E-state index in [2.05, 4.69) is 59.1 Å². The summed E-state index contributed by atoms with van der Waals surface area (Å²) in [7, 11) is 0. The van der Waals surface area contributed by atoms with Gasteiger partial charge < -0.3 is 15.2 Å².